The Morgan fingerprint density at radius 2 is 1.71 bits per heavy atom. The van der Waals surface area contributed by atoms with Crippen LogP contribution in [0, 0.1) is 17.6 Å². The molecule has 0 unspecified atom stereocenters. The molecular formula is C19H22F2N2O4S. The van der Waals surface area contributed by atoms with Gasteiger partial charge in [-0.3, -0.25) is 9.52 Å². The summed E-state index contributed by atoms with van der Waals surface area (Å²) in [5, 5.41) is 2.74. The molecule has 9 heteroatoms. The summed E-state index contributed by atoms with van der Waals surface area (Å²) in [6, 6.07) is 7.83. The summed E-state index contributed by atoms with van der Waals surface area (Å²) in [4.78, 5) is 11.8. The van der Waals surface area contributed by atoms with E-state index in [1.165, 1.54) is 24.3 Å². The minimum absolute atomic E-state index is 0.138. The highest BCUT2D eigenvalue weighted by atomic mass is 32.2. The molecule has 0 spiro atoms. The van der Waals surface area contributed by atoms with Crippen LogP contribution >= 0.6 is 0 Å². The van der Waals surface area contributed by atoms with Crippen LogP contribution < -0.4 is 14.8 Å². The first kappa shape index (κ1) is 21.6. The van der Waals surface area contributed by atoms with Gasteiger partial charge in [0.05, 0.1) is 10.6 Å². The van der Waals surface area contributed by atoms with Gasteiger partial charge < -0.3 is 10.1 Å². The minimum atomic E-state index is -4.08. The van der Waals surface area contributed by atoms with Gasteiger partial charge in [-0.1, -0.05) is 13.8 Å². The van der Waals surface area contributed by atoms with Crippen molar-refractivity contribution in [2.75, 3.05) is 11.3 Å². The molecule has 0 radical (unpaired) electrons. The number of benzene rings is 2. The summed E-state index contributed by atoms with van der Waals surface area (Å²) in [7, 11) is -4.08. The lowest BCUT2D eigenvalue weighted by atomic mass is 10.2. The van der Waals surface area contributed by atoms with E-state index in [1.807, 2.05) is 13.8 Å². The van der Waals surface area contributed by atoms with Crippen LogP contribution in [0.1, 0.15) is 20.8 Å². The zero-order valence-corrected chi connectivity index (χ0v) is 16.5. The van der Waals surface area contributed by atoms with E-state index in [4.69, 9.17) is 4.74 Å². The fourth-order valence-corrected chi connectivity index (χ4v) is 3.25. The second kappa shape index (κ2) is 9.01. The van der Waals surface area contributed by atoms with Crippen LogP contribution in [-0.4, -0.2) is 27.0 Å². The van der Waals surface area contributed by atoms with Gasteiger partial charge in [-0.25, -0.2) is 17.2 Å². The molecule has 0 aliphatic rings. The molecule has 0 saturated carbocycles. The first-order valence-corrected chi connectivity index (χ1v) is 10.1. The van der Waals surface area contributed by atoms with Crippen LogP contribution in [0.2, 0.25) is 0 Å². The number of anilines is 1. The first-order chi connectivity index (χ1) is 13.1. The number of amides is 1. The van der Waals surface area contributed by atoms with Crippen LogP contribution in [-0.2, 0) is 14.8 Å². The Morgan fingerprint density at radius 1 is 1.07 bits per heavy atom. The number of halogens is 2. The Bertz CT molecular complexity index is 931. The Morgan fingerprint density at radius 3 is 2.29 bits per heavy atom. The fraction of sp³-hybridized carbons (Fsp3) is 0.316. The third-order valence-corrected chi connectivity index (χ3v) is 5.06. The third-order valence-electron chi connectivity index (χ3n) is 3.68. The molecule has 0 saturated heterocycles. The number of hydrogen-bond acceptors (Lipinski definition) is 4. The Labute approximate surface area is 163 Å². The zero-order chi connectivity index (χ0) is 20.9. The molecule has 0 aromatic heterocycles. The highest BCUT2D eigenvalue weighted by molar-refractivity contribution is 7.92. The highest BCUT2D eigenvalue weighted by Crippen LogP contribution is 2.22. The van der Waals surface area contributed by atoms with Crippen molar-refractivity contribution in [1.29, 1.82) is 0 Å². The van der Waals surface area contributed by atoms with Crippen molar-refractivity contribution in [1.82, 2.24) is 5.32 Å². The lowest BCUT2D eigenvalue weighted by Crippen LogP contribution is -2.38. The van der Waals surface area contributed by atoms with E-state index in [9.17, 15) is 22.0 Å². The predicted molar refractivity (Wildman–Crippen MR) is 102 cm³/mol. The quantitative estimate of drug-likeness (QED) is 0.697. The highest BCUT2D eigenvalue weighted by Gasteiger charge is 2.18. The second-order valence-electron chi connectivity index (χ2n) is 6.60. The van der Waals surface area contributed by atoms with E-state index in [0.717, 1.165) is 12.1 Å². The van der Waals surface area contributed by atoms with E-state index in [0.29, 0.717) is 24.3 Å². The number of carbonyl (C=O) groups excluding carboxylic acids is 1. The van der Waals surface area contributed by atoms with E-state index >= 15 is 0 Å². The molecule has 2 rings (SSSR count). The molecule has 2 N–H and O–H groups in total. The van der Waals surface area contributed by atoms with Crippen LogP contribution in [0.25, 0.3) is 0 Å². The molecule has 0 fully saturated rings. The van der Waals surface area contributed by atoms with E-state index in [2.05, 4.69) is 10.0 Å². The number of hydrogen-bond donors (Lipinski definition) is 2. The fourth-order valence-electron chi connectivity index (χ4n) is 2.18. The zero-order valence-electron chi connectivity index (χ0n) is 15.7. The van der Waals surface area contributed by atoms with Crippen LogP contribution in [0.15, 0.2) is 47.4 Å². The predicted octanol–water partition coefficient (Wildman–Crippen LogP) is 3.31. The van der Waals surface area contributed by atoms with Gasteiger partial charge in [-0.2, -0.15) is 0 Å². The molecule has 2 aromatic rings. The topological polar surface area (TPSA) is 84.5 Å². The molecule has 1 atom stereocenters. The molecule has 28 heavy (non-hydrogen) atoms. The smallest absolute Gasteiger partial charge is 0.261 e. The van der Waals surface area contributed by atoms with E-state index < -0.39 is 27.8 Å². The van der Waals surface area contributed by atoms with Gasteiger partial charge in [0.25, 0.3) is 15.9 Å². The van der Waals surface area contributed by atoms with Crippen molar-refractivity contribution >= 4 is 21.6 Å². The SMILES string of the molecule is CC(C)CNC(=O)[C@@H](C)Oc1ccc(S(=O)(=O)Nc2ccc(F)cc2F)cc1. The van der Waals surface area contributed by atoms with Crippen LogP contribution in [0.5, 0.6) is 5.75 Å². The average Bonchev–Trinajstić information content (AvgIpc) is 2.62. The average molecular weight is 412 g/mol. The van der Waals surface area contributed by atoms with Gasteiger partial charge in [0.1, 0.15) is 17.4 Å². The van der Waals surface area contributed by atoms with Crippen molar-refractivity contribution < 1.29 is 26.7 Å². The van der Waals surface area contributed by atoms with Gasteiger partial charge in [0, 0.05) is 12.6 Å². The van der Waals surface area contributed by atoms with Crippen molar-refractivity contribution in [3.8, 4) is 5.75 Å². The Kier molecular flexibility index (Phi) is 6.95. The maximum absolute atomic E-state index is 13.7. The second-order valence-corrected chi connectivity index (χ2v) is 8.28. The van der Waals surface area contributed by atoms with E-state index in [-0.39, 0.29) is 16.5 Å². The van der Waals surface area contributed by atoms with Crippen molar-refractivity contribution in [2.24, 2.45) is 5.92 Å². The number of ether oxygens (including phenoxy) is 1. The van der Waals surface area contributed by atoms with Gasteiger partial charge in [0.15, 0.2) is 6.10 Å². The van der Waals surface area contributed by atoms with Crippen LogP contribution in [0.4, 0.5) is 14.5 Å². The van der Waals surface area contributed by atoms with Crippen molar-refractivity contribution in [3.63, 3.8) is 0 Å². The molecule has 0 heterocycles. The molecular weight excluding hydrogens is 390 g/mol. The number of sulfonamides is 1. The Hall–Kier alpha value is -2.68. The Balaban J connectivity index is 2.05. The first-order valence-electron chi connectivity index (χ1n) is 8.61. The third kappa shape index (κ3) is 5.91. The molecule has 0 bridgehead atoms. The van der Waals surface area contributed by atoms with Gasteiger partial charge in [-0.05, 0) is 49.2 Å². The van der Waals surface area contributed by atoms with Crippen LogP contribution in [0.3, 0.4) is 0 Å². The van der Waals surface area contributed by atoms with Gasteiger partial charge >= 0.3 is 0 Å². The summed E-state index contributed by atoms with van der Waals surface area (Å²) in [5.74, 6) is -1.50. The lowest BCUT2D eigenvalue weighted by molar-refractivity contribution is -0.127. The van der Waals surface area contributed by atoms with Gasteiger partial charge in [0.2, 0.25) is 0 Å². The summed E-state index contributed by atoms with van der Waals surface area (Å²) >= 11 is 0. The van der Waals surface area contributed by atoms with Gasteiger partial charge in [-0.15, -0.1) is 0 Å². The van der Waals surface area contributed by atoms with E-state index in [1.54, 1.807) is 6.92 Å². The summed E-state index contributed by atoms with van der Waals surface area (Å²) in [6.07, 6.45) is -0.757. The molecule has 6 nitrogen and oxygen atoms in total. The molecule has 152 valence electrons. The summed E-state index contributed by atoms with van der Waals surface area (Å²) in [6.45, 7) is 6.04. The standard InChI is InChI=1S/C19H22F2N2O4S/c1-12(2)11-22-19(24)13(3)27-15-5-7-16(8-6-15)28(25,26)23-18-9-4-14(20)10-17(18)21/h4-10,12-13,23H,11H2,1-3H3,(H,22,24)/t13-/m1/s1. The largest absolute Gasteiger partial charge is 0.481 e. The minimum Gasteiger partial charge on any atom is -0.481 e. The number of carbonyl (C=O) groups is 1. The summed E-state index contributed by atoms with van der Waals surface area (Å²) < 4.78 is 58.9. The van der Waals surface area contributed by atoms with Crippen molar-refractivity contribution in [3.05, 3.63) is 54.1 Å². The normalized spacial score (nSPS) is 12.5. The molecule has 0 aliphatic carbocycles. The monoisotopic (exact) mass is 412 g/mol. The molecule has 0 aliphatic heterocycles. The maximum atomic E-state index is 13.7. The number of rotatable bonds is 8. The summed E-state index contributed by atoms with van der Waals surface area (Å²) in [5.41, 5.74) is -0.364. The molecule has 2 aromatic carbocycles. The number of nitrogens with one attached hydrogen (secondary N) is 2. The molecule has 1 amide bonds. The maximum Gasteiger partial charge on any atom is 0.261 e. The van der Waals surface area contributed by atoms with Crippen molar-refractivity contribution in [2.45, 2.75) is 31.8 Å². The lowest BCUT2D eigenvalue weighted by Gasteiger charge is -2.16.